The number of carbonyl (C=O) groups excluding carboxylic acids is 2. The lowest BCUT2D eigenvalue weighted by Crippen LogP contribution is -2.15. The minimum Gasteiger partial charge on any atom is -0.508 e. The predicted molar refractivity (Wildman–Crippen MR) is 132 cm³/mol. The third kappa shape index (κ3) is 4.63. The molecule has 0 bridgehead atoms. The number of benzene rings is 4. The fourth-order valence-corrected chi connectivity index (χ4v) is 3.65. The zero-order chi connectivity index (χ0) is 24.2. The summed E-state index contributed by atoms with van der Waals surface area (Å²) in [5, 5.41) is 17.3. The van der Waals surface area contributed by atoms with Crippen molar-refractivity contribution in [1.82, 2.24) is 0 Å². The Labute approximate surface area is 196 Å². The van der Waals surface area contributed by atoms with E-state index in [1.165, 1.54) is 7.11 Å². The number of rotatable bonds is 6. The van der Waals surface area contributed by atoms with Crippen LogP contribution in [0.4, 0.5) is 11.4 Å². The van der Waals surface area contributed by atoms with Crippen molar-refractivity contribution in [3.63, 3.8) is 0 Å². The van der Waals surface area contributed by atoms with Gasteiger partial charge in [-0.3, -0.25) is 9.59 Å². The van der Waals surface area contributed by atoms with Crippen LogP contribution in [0, 0.1) is 6.92 Å². The van der Waals surface area contributed by atoms with Crippen molar-refractivity contribution in [2.75, 3.05) is 24.9 Å². The quantitative estimate of drug-likeness (QED) is 0.362. The third-order valence-electron chi connectivity index (χ3n) is 5.56. The summed E-state index contributed by atoms with van der Waals surface area (Å²) in [6, 6.07) is 20.5. The summed E-state index contributed by atoms with van der Waals surface area (Å²) in [4.78, 5) is 25.6. The Morgan fingerprint density at radius 2 is 1.53 bits per heavy atom. The summed E-state index contributed by atoms with van der Waals surface area (Å²) in [7, 11) is 3.03. The number of phenols is 1. The van der Waals surface area contributed by atoms with Crippen LogP contribution in [0.3, 0.4) is 0 Å². The standard InChI is InChI=1S/C27H24N2O5/c1-16-22-10-7-18(13-17(22)9-12-24(16)30)27(32)29-23-11-8-19(14-25(23)34-3)26(31)28-20-5-4-6-21(15-20)33-2/h4-15,30H,1-3H3,(H,28,31)(H,29,32). The highest BCUT2D eigenvalue weighted by atomic mass is 16.5. The van der Waals surface area contributed by atoms with Gasteiger partial charge in [0, 0.05) is 22.9 Å². The Bertz CT molecular complexity index is 1400. The molecule has 0 saturated heterocycles. The van der Waals surface area contributed by atoms with Gasteiger partial charge in [-0.1, -0.05) is 18.2 Å². The summed E-state index contributed by atoms with van der Waals surface area (Å²) >= 11 is 0. The molecule has 7 heteroatoms. The maximum atomic E-state index is 12.9. The van der Waals surface area contributed by atoms with Crippen LogP contribution in [0.5, 0.6) is 17.2 Å². The van der Waals surface area contributed by atoms with Crippen molar-refractivity contribution < 1.29 is 24.2 Å². The van der Waals surface area contributed by atoms with Crippen LogP contribution >= 0.6 is 0 Å². The second kappa shape index (κ2) is 9.54. The fraction of sp³-hybridized carbons (Fsp3) is 0.111. The zero-order valence-electron chi connectivity index (χ0n) is 19.0. The number of ether oxygens (including phenoxy) is 2. The highest BCUT2D eigenvalue weighted by Crippen LogP contribution is 2.29. The number of aryl methyl sites for hydroxylation is 1. The summed E-state index contributed by atoms with van der Waals surface area (Å²) in [6.07, 6.45) is 0. The molecule has 172 valence electrons. The van der Waals surface area contributed by atoms with Crippen LogP contribution in [0.2, 0.25) is 0 Å². The molecule has 4 rings (SSSR count). The van der Waals surface area contributed by atoms with Crippen molar-refractivity contribution in [3.8, 4) is 17.2 Å². The van der Waals surface area contributed by atoms with E-state index in [4.69, 9.17) is 9.47 Å². The van der Waals surface area contributed by atoms with Crippen LogP contribution in [-0.4, -0.2) is 31.1 Å². The van der Waals surface area contributed by atoms with Gasteiger partial charge in [0.25, 0.3) is 11.8 Å². The van der Waals surface area contributed by atoms with Crippen LogP contribution in [0.1, 0.15) is 26.3 Å². The Morgan fingerprint density at radius 1 is 0.794 bits per heavy atom. The molecule has 0 unspecified atom stereocenters. The van der Waals surface area contributed by atoms with E-state index in [1.807, 2.05) is 13.0 Å². The molecule has 2 amide bonds. The van der Waals surface area contributed by atoms with Gasteiger partial charge < -0.3 is 25.2 Å². The first-order valence-corrected chi connectivity index (χ1v) is 10.6. The van der Waals surface area contributed by atoms with Gasteiger partial charge in [-0.2, -0.15) is 0 Å². The second-order valence-electron chi connectivity index (χ2n) is 7.70. The van der Waals surface area contributed by atoms with Gasteiger partial charge in [-0.05, 0) is 71.8 Å². The van der Waals surface area contributed by atoms with E-state index in [1.54, 1.807) is 73.8 Å². The van der Waals surface area contributed by atoms with Crippen molar-refractivity contribution in [2.45, 2.75) is 6.92 Å². The summed E-state index contributed by atoms with van der Waals surface area (Å²) in [5.41, 5.74) is 2.63. The van der Waals surface area contributed by atoms with Crippen LogP contribution < -0.4 is 20.1 Å². The fourth-order valence-electron chi connectivity index (χ4n) is 3.65. The Morgan fingerprint density at radius 3 is 2.29 bits per heavy atom. The van der Waals surface area contributed by atoms with Crippen LogP contribution in [-0.2, 0) is 0 Å². The molecule has 0 radical (unpaired) electrons. The largest absolute Gasteiger partial charge is 0.508 e. The zero-order valence-corrected chi connectivity index (χ0v) is 19.0. The average molecular weight is 456 g/mol. The molecule has 0 saturated carbocycles. The van der Waals surface area contributed by atoms with E-state index in [-0.39, 0.29) is 17.6 Å². The first-order chi connectivity index (χ1) is 16.4. The molecule has 7 nitrogen and oxygen atoms in total. The topological polar surface area (TPSA) is 96.9 Å². The molecule has 0 spiro atoms. The number of aromatic hydroxyl groups is 1. The van der Waals surface area contributed by atoms with Crippen molar-refractivity contribution in [1.29, 1.82) is 0 Å². The molecule has 0 atom stereocenters. The lowest BCUT2D eigenvalue weighted by Gasteiger charge is -2.13. The molecule has 4 aromatic carbocycles. The molecule has 0 heterocycles. The molecular formula is C27H24N2O5. The molecule has 0 aromatic heterocycles. The van der Waals surface area contributed by atoms with E-state index >= 15 is 0 Å². The minimum absolute atomic E-state index is 0.213. The summed E-state index contributed by atoms with van der Waals surface area (Å²) < 4.78 is 10.6. The second-order valence-corrected chi connectivity index (χ2v) is 7.70. The Hall–Kier alpha value is -4.52. The number of amides is 2. The van der Waals surface area contributed by atoms with E-state index in [0.29, 0.717) is 34.0 Å². The van der Waals surface area contributed by atoms with Gasteiger partial charge >= 0.3 is 0 Å². The van der Waals surface area contributed by atoms with Crippen LogP contribution in [0.15, 0.2) is 72.8 Å². The van der Waals surface area contributed by atoms with Gasteiger partial charge in [0.05, 0.1) is 19.9 Å². The number of methoxy groups -OCH3 is 2. The first kappa shape index (κ1) is 22.7. The summed E-state index contributed by atoms with van der Waals surface area (Å²) in [5.74, 6) is 0.560. The molecule has 0 aliphatic rings. The molecule has 3 N–H and O–H groups in total. The van der Waals surface area contributed by atoms with Crippen molar-refractivity contribution in [2.24, 2.45) is 0 Å². The normalized spacial score (nSPS) is 10.6. The van der Waals surface area contributed by atoms with Gasteiger partial charge in [0.1, 0.15) is 17.2 Å². The lowest BCUT2D eigenvalue weighted by atomic mass is 10.0. The lowest BCUT2D eigenvalue weighted by molar-refractivity contribution is 0.102. The average Bonchev–Trinajstić information content (AvgIpc) is 2.86. The molecular weight excluding hydrogens is 432 g/mol. The predicted octanol–water partition coefficient (Wildman–Crippen LogP) is 5.38. The van der Waals surface area contributed by atoms with E-state index < -0.39 is 0 Å². The Balaban J connectivity index is 1.53. The number of phenolic OH excluding ortho intramolecular Hbond substituents is 1. The van der Waals surface area contributed by atoms with Gasteiger partial charge in [0.2, 0.25) is 0 Å². The van der Waals surface area contributed by atoms with Gasteiger partial charge in [-0.15, -0.1) is 0 Å². The van der Waals surface area contributed by atoms with E-state index in [2.05, 4.69) is 10.6 Å². The number of fused-ring (bicyclic) bond motifs is 1. The van der Waals surface area contributed by atoms with Crippen molar-refractivity contribution >= 4 is 34.0 Å². The first-order valence-electron chi connectivity index (χ1n) is 10.6. The van der Waals surface area contributed by atoms with Gasteiger partial charge in [0.15, 0.2) is 0 Å². The highest BCUT2D eigenvalue weighted by molar-refractivity contribution is 6.08. The molecule has 0 fully saturated rings. The van der Waals surface area contributed by atoms with Crippen LogP contribution in [0.25, 0.3) is 10.8 Å². The number of nitrogens with one attached hydrogen (secondary N) is 2. The monoisotopic (exact) mass is 456 g/mol. The maximum Gasteiger partial charge on any atom is 0.255 e. The highest BCUT2D eigenvalue weighted by Gasteiger charge is 2.15. The van der Waals surface area contributed by atoms with E-state index in [9.17, 15) is 14.7 Å². The molecule has 34 heavy (non-hydrogen) atoms. The summed E-state index contributed by atoms with van der Waals surface area (Å²) in [6.45, 7) is 1.83. The van der Waals surface area contributed by atoms with E-state index in [0.717, 1.165) is 16.3 Å². The molecule has 0 aliphatic heterocycles. The number of hydrogen-bond donors (Lipinski definition) is 3. The number of hydrogen-bond acceptors (Lipinski definition) is 5. The SMILES string of the molecule is COc1cccc(NC(=O)c2ccc(NC(=O)c3ccc4c(C)c(O)ccc4c3)c(OC)c2)c1. The smallest absolute Gasteiger partial charge is 0.255 e. The maximum absolute atomic E-state index is 12.9. The third-order valence-corrected chi connectivity index (χ3v) is 5.56. The molecule has 4 aromatic rings. The van der Waals surface area contributed by atoms with Crippen molar-refractivity contribution in [3.05, 3.63) is 89.5 Å². The number of carbonyl (C=O) groups is 2. The number of anilines is 2. The Kier molecular flexibility index (Phi) is 6.36. The minimum atomic E-state index is -0.322. The van der Waals surface area contributed by atoms with Gasteiger partial charge in [-0.25, -0.2) is 0 Å². The molecule has 0 aliphatic carbocycles.